The highest BCUT2D eigenvalue weighted by Crippen LogP contribution is 2.36. The molecule has 0 aliphatic rings. The van der Waals surface area contributed by atoms with Crippen molar-refractivity contribution in [3.63, 3.8) is 0 Å². The number of benzene rings is 2. The van der Waals surface area contributed by atoms with Gasteiger partial charge in [-0.2, -0.15) is 0 Å². The summed E-state index contributed by atoms with van der Waals surface area (Å²) in [5.41, 5.74) is 1.48. The minimum absolute atomic E-state index is 0.339. The van der Waals surface area contributed by atoms with E-state index in [2.05, 4.69) is 10.2 Å². The Morgan fingerprint density at radius 3 is 2.52 bits per heavy atom. The monoisotopic (exact) mass is 403 g/mol. The van der Waals surface area contributed by atoms with Gasteiger partial charge < -0.3 is 9.47 Å². The molecule has 2 aromatic carbocycles. The van der Waals surface area contributed by atoms with Crippen LogP contribution >= 0.6 is 23.4 Å². The molecule has 27 heavy (non-hydrogen) atoms. The molecule has 140 valence electrons. The Hall–Kier alpha value is -2.51. The van der Waals surface area contributed by atoms with E-state index in [0.29, 0.717) is 21.8 Å². The Bertz CT molecular complexity index is 961. The number of ether oxygens (including phenoxy) is 2. The summed E-state index contributed by atoms with van der Waals surface area (Å²) < 4.78 is 12.2. The number of hydrogen-bond acceptors (Lipinski definition) is 6. The van der Waals surface area contributed by atoms with Gasteiger partial charge in [0.25, 0.3) is 0 Å². The van der Waals surface area contributed by atoms with Gasteiger partial charge in [-0.25, -0.2) is 0 Å². The summed E-state index contributed by atoms with van der Waals surface area (Å²) in [5, 5.41) is 9.27. The summed E-state index contributed by atoms with van der Waals surface area (Å²) in [4.78, 5) is 11.9. The first kappa shape index (κ1) is 19.3. The maximum Gasteiger partial charge on any atom is 0.318 e. The average Bonchev–Trinajstić information content (AvgIpc) is 3.10. The number of nitrogens with zero attached hydrogens (tertiary/aromatic N) is 3. The van der Waals surface area contributed by atoms with E-state index in [4.69, 9.17) is 21.1 Å². The molecule has 0 radical (unpaired) electrons. The fraction of sp³-hybridized carbons (Fsp3) is 0.211. The van der Waals surface area contributed by atoms with Gasteiger partial charge >= 0.3 is 5.97 Å². The lowest BCUT2D eigenvalue weighted by molar-refractivity contribution is -0.139. The second-order valence-corrected chi connectivity index (χ2v) is 7.29. The average molecular weight is 404 g/mol. The zero-order valence-electron chi connectivity index (χ0n) is 15.0. The SMILES string of the molecule is COC(=O)[C@H](C)Sc1nnc(-c2ccccc2Cl)n1-c1ccccc1OC. The Balaban J connectivity index is 2.19. The van der Waals surface area contributed by atoms with E-state index in [1.807, 2.05) is 47.0 Å². The van der Waals surface area contributed by atoms with Crippen LogP contribution in [0.1, 0.15) is 6.92 Å². The molecule has 0 unspecified atom stereocenters. The van der Waals surface area contributed by atoms with Crippen LogP contribution in [-0.4, -0.2) is 40.2 Å². The number of thioether (sulfide) groups is 1. The zero-order chi connectivity index (χ0) is 19.4. The molecular weight excluding hydrogens is 386 g/mol. The van der Waals surface area contributed by atoms with Crippen LogP contribution in [0.4, 0.5) is 0 Å². The first-order valence-electron chi connectivity index (χ1n) is 8.15. The molecule has 8 heteroatoms. The minimum Gasteiger partial charge on any atom is -0.495 e. The van der Waals surface area contributed by atoms with Gasteiger partial charge in [0.1, 0.15) is 11.0 Å². The molecule has 0 saturated heterocycles. The van der Waals surface area contributed by atoms with Crippen molar-refractivity contribution in [1.29, 1.82) is 0 Å². The molecule has 1 aromatic heterocycles. The van der Waals surface area contributed by atoms with Crippen LogP contribution in [0.15, 0.2) is 53.7 Å². The van der Waals surface area contributed by atoms with E-state index < -0.39 is 5.25 Å². The fourth-order valence-corrected chi connectivity index (χ4v) is 3.67. The summed E-state index contributed by atoms with van der Waals surface area (Å²) in [7, 11) is 2.96. The fourth-order valence-electron chi connectivity index (χ4n) is 2.57. The molecule has 0 aliphatic carbocycles. The van der Waals surface area contributed by atoms with Crippen molar-refractivity contribution < 1.29 is 14.3 Å². The second-order valence-electron chi connectivity index (χ2n) is 5.58. The number of esters is 1. The van der Waals surface area contributed by atoms with Crippen molar-refractivity contribution in [3.8, 4) is 22.8 Å². The number of halogens is 1. The number of aromatic nitrogens is 3. The van der Waals surface area contributed by atoms with Crippen LogP contribution in [0, 0.1) is 0 Å². The number of carbonyl (C=O) groups is 1. The van der Waals surface area contributed by atoms with Crippen molar-refractivity contribution >= 4 is 29.3 Å². The predicted molar refractivity (Wildman–Crippen MR) is 106 cm³/mol. The molecule has 0 spiro atoms. The van der Waals surface area contributed by atoms with Gasteiger partial charge in [-0.15, -0.1) is 10.2 Å². The third-order valence-corrected chi connectivity index (χ3v) is 5.24. The third kappa shape index (κ3) is 3.94. The van der Waals surface area contributed by atoms with E-state index in [0.717, 1.165) is 11.3 Å². The summed E-state index contributed by atoms with van der Waals surface area (Å²) in [6, 6.07) is 14.9. The number of methoxy groups -OCH3 is 2. The first-order valence-corrected chi connectivity index (χ1v) is 9.40. The van der Waals surface area contributed by atoms with Crippen molar-refractivity contribution in [2.75, 3.05) is 14.2 Å². The van der Waals surface area contributed by atoms with Gasteiger partial charge in [-0.3, -0.25) is 9.36 Å². The normalized spacial score (nSPS) is 11.9. The number of rotatable bonds is 6. The maximum atomic E-state index is 11.9. The number of hydrogen-bond donors (Lipinski definition) is 0. The summed E-state index contributed by atoms with van der Waals surface area (Å²) >= 11 is 7.64. The van der Waals surface area contributed by atoms with Gasteiger partial charge in [0.15, 0.2) is 11.0 Å². The number of para-hydroxylation sites is 2. The van der Waals surface area contributed by atoms with Crippen molar-refractivity contribution in [2.45, 2.75) is 17.3 Å². The molecule has 0 amide bonds. The Labute approximate surface area is 166 Å². The smallest absolute Gasteiger partial charge is 0.318 e. The van der Waals surface area contributed by atoms with Crippen molar-refractivity contribution in [1.82, 2.24) is 14.8 Å². The van der Waals surface area contributed by atoms with Crippen molar-refractivity contribution in [2.24, 2.45) is 0 Å². The third-order valence-electron chi connectivity index (χ3n) is 3.89. The Morgan fingerprint density at radius 1 is 1.11 bits per heavy atom. The van der Waals surface area contributed by atoms with Crippen molar-refractivity contribution in [3.05, 3.63) is 53.6 Å². The quantitative estimate of drug-likeness (QED) is 0.452. The molecule has 0 bridgehead atoms. The topological polar surface area (TPSA) is 66.2 Å². The molecule has 1 atom stereocenters. The zero-order valence-corrected chi connectivity index (χ0v) is 16.6. The van der Waals surface area contributed by atoms with E-state index in [1.54, 1.807) is 20.1 Å². The highest BCUT2D eigenvalue weighted by Gasteiger charge is 2.24. The summed E-state index contributed by atoms with van der Waals surface area (Å²) in [5.74, 6) is 0.872. The van der Waals surface area contributed by atoms with Gasteiger partial charge in [-0.05, 0) is 31.2 Å². The standard InChI is InChI=1S/C19H18ClN3O3S/c1-12(18(24)26-3)27-19-22-21-17(13-8-4-5-9-14(13)20)23(19)15-10-6-7-11-16(15)25-2/h4-12H,1-3H3/t12-/m0/s1. The van der Waals surface area contributed by atoms with Gasteiger partial charge in [0, 0.05) is 5.56 Å². The largest absolute Gasteiger partial charge is 0.495 e. The van der Waals surface area contributed by atoms with E-state index >= 15 is 0 Å². The minimum atomic E-state index is -0.452. The van der Waals surface area contributed by atoms with Gasteiger partial charge in [0.05, 0.1) is 24.9 Å². The molecule has 0 N–H and O–H groups in total. The Kier molecular flexibility index (Phi) is 6.03. The molecule has 0 saturated carbocycles. The molecule has 0 aliphatic heterocycles. The number of carbonyl (C=O) groups excluding carboxylic acids is 1. The lowest BCUT2D eigenvalue weighted by Crippen LogP contribution is -2.15. The molecular formula is C19H18ClN3O3S. The van der Waals surface area contributed by atoms with Crippen LogP contribution in [0.25, 0.3) is 17.1 Å². The molecule has 3 rings (SSSR count). The predicted octanol–water partition coefficient (Wildman–Crippen LogP) is 4.25. The molecule has 6 nitrogen and oxygen atoms in total. The van der Waals surface area contributed by atoms with Crippen LogP contribution in [0.2, 0.25) is 5.02 Å². The summed E-state index contributed by atoms with van der Waals surface area (Å²) in [6.07, 6.45) is 0. The maximum absolute atomic E-state index is 11.9. The van der Waals surface area contributed by atoms with Crippen LogP contribution in [0.3, 0.4) is 0 Å². The second kappa shape index (κ2) is 8.45. The van der Waals surface area contributed by atoms with E-state index in [-0.39, 0.29) is 5.97 Å². The summed E-state index contributed by atoms with van der Waals surface area (Å²) in [6.45, 7) is 1.76. The van der Waals surface area contributed by atoms with Crippen LogP contribution in [0.5, 0.6) is 5.75 Å². The lowest BCUT2D eigenvalue weighted by atomic mass is 10.2. The van der Waals surface area contributed by atoms with Crippen LogP contribution < -0.4 is 4.74 Å². The van der Waals surface area contributed by atoms with E-state index in [9.17, 15) is 4.79 Å². The Morgan fingerprint density at radius 2 is 1.81 bits per heavy atom. The lowest BCUT2D eigenvalue weighted by Gasteiger charge is -2.15. The first-order chi connectivity index (χ1) is 13.1. The molecule has 0 fully saturated rings. The highest BCUT2D eigenvalue weighted by molar-refractivity contribution is 8.00. The van der Waals surface area contributed by atoms with Gasteiger partial charge in [0.2, 0.25) is 0 Å². The molecule has 3 aromatic rings. The van der Waals surface area contributed by atoms with Crippen LogP contribution in [-0.2, 0) is 9.53 Å². The highest BCUT2D eigenvalue weighted by atomic mass is 35.5. The van der Waals surface area contributed by atoms with Gasteiger partial charge in [-0.1, -0.05) is 47.6 Å². The molecule has 1 heterocycles. The van der Waals surface area contributed by atoms with E-state index in [1.165, 1.54) is 18.9 Å².